The largest absolute Gasteiger partial charge is 0.489 e. The zero-order chi connectivity index (χ0) is 13.5. The van der Waals surface area contributed by atoms with Crippen molar-refractivity contribution in [2.75, 3.05) is 7.05 Å². The molecule has 0 bridgehead atoms. The van der Waals surface area contributed by atoms with E-state index in [4.69, 9.17) is 4.74 Å². The van der Waals surface area contributed by atoms with Gasteiger partial charge < -0.3 is 10.1 Å². The van der Waals surface area contributed by atoms with E-state index >= 15 is 0 Å². The topological polar surface area (TPSA) is 21.3 Å². The second-order valence-corrected chi connectivity index (χ2v) is 4.60. The summed E-state index contributed by atoms with van der Waals surface area (Å²) >= 11 is 0. The molecule has 0 atom stereocenters. The predicted octanol–water partition coefficient (Wildman–Crippen LogP) is 3.55. The highest BCUT2D eigenvalue weighted by Crippen LogP contribution is 2.19. The van der Waals surface area contributed by atoms with Gasteiger partial charge in [0.2, 0.25) is 0 Å². The number of aryl methyl sites for hydroxylation is 1. The van der Waals surface area contributed by atoms with E-state index in [9.17, 15) is 0 Å². The fourth-order valence-electron chi connectivity index (χ4n) is 2.13. The third-order valence-electron chi connectivity index (χ3n) is 3.12. The van der Waals surface area contributed by atoms with E-state index in [0.29, 0.717) is 6.61 Å². The molecule has 0 aromatic heterocycles. The summed E-state index contributed by atoms with van der Waals surface area (Å²) < 4.78 is 5.93. The van der Waals surface area contributed by atoms with Crippen molar-refractivity contribution in [1.82, 2.24) is 5.32 Å². The van der Waals surface area contributed by atoms with Gasteiger partial charge in [-0.1, -0.05) is 49.4 Å². The number of hydrogen-bond acceptors (Lipinski definition) is 2. The Labute approximate surface area is 115 Å². The number of benzene rings is 2. The maximum Gasteiger partial charge on any atom is 0.122 e. The molecule has 0 aliphatic rings. The van der Waals surface area contributed by atoms with Crippen LogP contribution in [0.1, 0.15) is 23.6 Å². The molecule has 1 N–H and O–H groups in total. The van der Waals surface area contributed by atoms with E-state index in [1.54, 1.807) is 0 Å². The molecule has 19 heavy (non-hydrogen) atoms. The summed E-state index contributed by atoms with van der Waals surface area (Å²) in [4.78, 5) is 0. The molecule has 2 nitrogen and oxygen atoms in total. The summed E-state index contributed by atoms with van der Waals surface area (Å²) in [5.74, 6) is 0.990. The molecule has 0 saturated heterocycles. The molecule has 0 fully saturated rings. The highest BCUT2D eigenvalue weighted by molar-refractivity contribution is 5.33. The minimum absolute atomic E-state index is 0.620. The van der Waals surface area contributed by atoms with Crippen molar-refractivity contribution in [2.45, 2.75) is 26.5 Å². The quantitative estimate of drug-likeness (QED) is 0.852. The van der Waals surface area contributed by atoms with Crippen LogP contribution in [0.2, 0.25) is 0 Å². The summed E-state index contributed by atoms with van der Waals surface area (Å²) in [6, 6.07) is 16.7. The van der Waals surface area contributed by atoms with Crippen LogP contribution in [0.15, 0.2) is 48.5 Å². The molecule has 0 aliphatic heterocycles. The van der Waals surface area contributed by atoms with Crippen LogP contribution < -0.4 is 10.1 Å². The van der Waals surface area contributed by atoms with Crippen molar-refractivity contribution in [3.05, 3.63) is 65.2 Å². The van der Waals surface area contributed by atoms with Gasteiger partial charge in [-0.3, -0.25) is 0 Å². The Morgan fingerprint density at radius 2 is 1.79 bits per heavy atom. The molecule has 0 aliphatic carbocycles. The maximum absolute atomic E-state index is 5.93. The highest BCUT2D eigenvalue weighted by Gasteiger charge is 2.01. The van der Waals surface area contributed by atoms with Gasteiger partial charge in [-0.2, -0.15) is 0 Å². The van der Waals surface area contributed by atoms with E-state index < -0.39 is 0 Å². The van der Waals surface area contributed by atoms with E-state index in [0.717, 1.165) is 18.7 Å². The first-order chi connectivity index (χ1) is 9.33. The average molecular weight is 255 g/mol. The van der Waals surface area contributed by atoms with Crippen molar-refractivity contribution in [1.29, 1.82) is 0 Å². The third kappa shape index (κ3) is 3.83. The third-order valence-corrected chi connectivity index (χ3v) is 3.12. The number of ether oxygens (including phenoxy) is 1. The van der Waals surface area contributed by atoms with E-state index in [2.05, 4.69) is 48.6 Å². The van der Waals surface area contributed by atoms with Gasteiger partial charge in [0.05, 0.1) is 0 Å². The van der Waals surface area contributed by atoms with Crippen LogP contribution in [0.25, 0.3) is 0 Å². The maximum atomic E-state index is 5.93. The Morgan fingerprint density at radius 1 is 1.00 bits per heavy atom. The Bertz CT molecular complexity index is 522. The molecule has 0 heterocycles. The molecule has 0 spiro atoms. The molecule has 2 aromatic carbocycles. The molecule has 0 saturated carbocycles. The van der Waals surface area contributed by atoms with Gasteiger partial charge in [-0.15, -0.1) is 0 Å². The Balaban J connectivity index is 2.03. The van der Waals surface area contributed by atoms with E-state index in [1.165, 1.54) is 16.7 Å². The summed E-state index contributed by atoms with van der Waals surface area (Å²) in [5, 5.41) is 3.16. The molecule has 0 unspecified atom stereocenters. The molecule has 2 aromatic rings. The Hall–Kier alpha value is -1.80. The summed E-state index contributed by atoms with van der Waals surface area (Å²) in [5.41, 5.74) is 3.75. The van der Waals surface area contributed by atoms with Gasteiger partial charge in [-0.25, -0.2) is 0 Å². The highest BCUT2D eigenvalue weighted by atomic mass is 16.5. The van der Waals surface area contributed by atoms with Crippen molar-refractivity contribution in [3.63, 3.8) is 0 Å². The first kappa shape index (κ1) is 13.6. The zero-order valence-electron chi connectivity index (χ0n) is 11.6. The normalized spacial score (nSPS) is 10.4. The lowest BCUT2D eigenvalue weighted by atomic mass is 10.1. The van der Waals surface area contributed by atoms with Crippen LogP contribution >= 0.6 is 0 Å². The smallest absolute Gasteiger partial charge is 0.122 e. The molecule has 0 amide bonds. The Morgan fingerprint density at radius 3 is 2.58 bits per heavy atom. The van der Waals surface area contributed by atoms with E-state index in [-0.39, 0.29) is 0 Å². The predicted molar refractivity (Wildman–Crippen MR) is 79.4 cm³/mol. The average Bonchev–Trinajstić information content (AvgIpc) is 2.46. The summed E-state index contributed by atoms with van der Waals surface area (Å²) in [7, 11) is 1.96. The minimum atomic E-state index is 0.620. The summed E-state index contributed by atoms with van der Waals surface area (Å²) in [6.45, 7) is 3.66. The van der Waals surface area contributed by atoms with Gasteiger partial charge in [0.1, 0.15) is 12.4 Å². The fraction of sp³-hybridized carbons (Fsp3) is 0.294. The van der Waals surface area contributed by atoms with Crippen molar-refractivity contribution in [3.8, 4) is 5.75 Å². The molecule has 2 rings (SSSR count). The second-order valence-electron chi connectivity index (χ2n) is 4.60. The fourth-order valence-corrected chi connectivity index (χ4v) is 2.13. The first-order valence-corrected chi connectivity index (χ1v) is 6.76. The summed E-state index contributed by atoms with van der Waals surface area (Å²) in [6.07, 6.45) is 0.996. The van der Waals surface area contributed by atoms with Crippen molar-refractivity contribution < 1.29 is 4.74 Å². The lowest BCUT2D eigenvalue weighted by Gasteiger charge is -2.11. The Kier molecular flexibility index (Phi) is 4.99. The van der Waals surface area contributed by atoms with Crippen LogP contribution in [-0.2, 0) is 19.6 Å². The first-order valence-electron chi connectivity index (χ1n) is 6.76. The van der Waals surface area contributed by atoms with Crippen molar-refractivity contribution in [2.24, 2.45) is 0 Å². The molecule has 100 valence electrons. The SMILES string of the molecule is CCc1ccccc1OCc1cccc(CNC)c1. The number of hydrogen-bond donors (Lipinski definition) is 1. The number of rotatable bonds is 6. The molecular formula is C17H21NO. The van der Waals surface area contributed by atoms with Gasteiger partial charge in [0.15, 0.2) is 0 Å². The van der Waals surface area contributed by atoms with Gasteiger partial charge in [-0.05, 0) is 36.2 Å². The van der Waals surface area contributed by atoms with Gasteiger partial charge >= 0.3 is 0 Å². The van der Waals surface area contributed by atoms with Crippen LogP contribution in [-0.4, -0.2) is 7.05 Å². The van der Waals surface area contributed by atoms with Gasteiger partial charge in [0, 0.05) is 6.54 Å². The van der Waals surface area contributed by atoms with Gasteiger partial charge in [0.25, 0.3) is 0 Å². The zero-order valence-corrected chi connectivity index (χ0v) is 11.6. The lowest BCUT2D eigenvalue weighted by molar-refractivity contribution is 0.303. The molecular weight excluding hydrogens is 234 g/mol. The molecule has 0 radical (unpaired) electrons. The van der Waals surface area contributed by atoms with Crippen LogP contribution in [0.5, 0.6) is 5.75 Å². The van der Waals surface area contributed by atoms with Crippen LogP contribution in [0.3, 0.4) is 0 Å². The number of nitrogens with one attached hydrogen (secondary N) is 1. The van der Waals surface area contributed by atoms with Crippen LogP contribution in [0, 0.1) is 0 Å². The second kappa shape index (κ2) is 6.95. The van der Waals surface area contributed by atoms with E-state index in [1.807, 2.05) is 19.2 Å². The van der Waals surface area contributed by atoms with Crippen molar-refractivity contribution >= 4 is 0 Å². The minimum Gasteiger partial charge on any atom is -0.489 e. The van der Waals surface area contributed by atoms with Crippen LogP contribution in [0.4, 0.5) is 0 Å². The number of para-hydroxylation sites is 1. The molecule has 2 heteroatoms. The standard InChI is InChI=1S/C17H21NO/c1-3-16-9-4-5-10-17(16)19-13-15-8-6-7-14(11-15)12-18-2/h4-11,18H,3,12-13H2,1-2H3. The lowest BCUT2D eigenvalue weighted by Crippen LogP contribution is -2.06. The monoisotopic (exact) mass is 255 g/mol.